The van der Waals surface area contributed by atoms with Crippen molar-refractivity contribution in [1.82, 2.24) is 15.2 Å². The molecule has 2 atom stereocenters. The number of amides is 1. The van der Waals surface area contributed by atoms with Crippen molar-refractivity contribution >= 4 is 29.1 Å². The van der Waals surface area contributed by atoms with Gasteiger partial charge in [0.05, 0.1) is 11.7 Å². The quantitative estimate of drug-likeness (QED) is 0.652. The van der Waals surface area contributed by atoms with Gasteiger partial charge in [-0.25, -0.2) is 4.39 Å². The summed E-state index contributed by atoms with van der Waals surface area (Å²) in [5, 5.41) is 12.6. The highest BCUT2D eigenvalue weighted by Gasteiger charge is 2.25. The summed E-state index contributed by atoms with van der Waals surface area (Å²) in [6.45, 7) is -0.195. The minimum Gasteiger partial charge on any atom is -0.386 e. The fourth-order valence-corrected chi connectivity index (χ4v) is 2.69. The summed E-state index contributed by atoms with van der Waals surface area (Å²) in [4.78, 5) is 16.7. The Balaban J connectivity index is 2.10. The lowest BCUT2D eigenvalue weighted by Crippen LogP contribution is -2.43. The Hall–Kier alpha value is -1.73. The van der Waals surface area contributed by atoms with Crippen LogP contribution in [0.1, 0.15) is 17.4 Å². The molecule has 5 nitrogen and oxygen atoms in total. The lowest BCUT2D eigenvalue weighted by Gasteiger charge is -2.22. The number of benzene rings is 1. The second-order valence-electron chi connectivity index (χ2n) is 6.41. The number of aromatic nitrogens is 1. The summed E-state index contributed by atoms with van der Waals surface area (Å²) in [5.41, 5.74) is 3.28. The van der Waals surface area contributed by atoms with Crippen LogP contribution >= 0.6 is 23.2 Å². The second kappa shape index (κ2) is 9.99. The number of nitrogens with one attached hydrogen (secondary N) is 1. The van der Waals surface area contributed by atoms with Crippen LogP contribution in [0.3, 0.4) is 0 Å². The minimum absolute atomic E-state index is 0.472. The molecule has 0 spiro atoms. The van der Waals surface area contributed by atoms with Crippen molar-refractivity contribution in [3.8, 4) is 11.1 Å². The molecule has 1 aromatic heterocycles. The predicted molar refractivity (Wildman–Crippen MR) is 105 cm³/mol. The van der Waals surface area contributed by atoms with Gasteiger partial charge in [-0.1, -0.05) is 53.5 Å². The highest BCUT2D eigenvalue weighted by atomic mass is 35.5. The van der Waals surface area contributed by atoms with Crippen molar-refractivity contribution < 1.29 is 14.3 Å². The number of nitrogens with zero attached hydrogens (tertiary/aromatic N) is 2. The Kier molecular flexibility index (Phi) is 7.98. The van der Waals surface area contributed by atoms with Crippen LogP contribution in [0.5, 0.6) is 0 Å². The number of carbonyl (C=O) groups is 1. The summed E-state index contributed by atoms with van der Waals surface area (Å²) in [6.07, 6.45) is 0.566. The van der Waals surface area contributed by atoms with E-state index in [0.29, 0.717) is 5.56 Å². The number of carbonyl (C=O) groups excluding carboxylic acids is 1. The number of hydrogen-bond donors (Lipinski definition) is 2. The Morgan fingerprint density at radius 3 is 2.30 bits per heavy atom. The van der Waals surface area contributed by atoms with Crippen molar-refractivity contribution in [2.24, 2.45) is 0 Å². The van der Waals surface area contributed by atoms with E-state index < -0.39 is 29.6 Å². The van der Waals surface area contributed by atoms with Crippen molar-refractivity contribution in [3.63, 3.8) is 0 Å². The number of hydrogen-bond acceptors (Lipinski definition) is 4. The van der Waals surface area contributed by atoms with E-state index in [1.807, 2.05) is 43.3 Å². The average molecular weight is 414 g/mol. The fourth-order valence-electron chi connectivity index (χ4n) is 2.57. The van der Waals surface area contributed by atoms with E-state index in [2.05, 4.69) is 10.3 Å². The topological polar surface area (TPSA) is 65.5 Å². The summed E-state index contributed by atoms with van der Waals surface area (Å²) in [5.74, 6) is -0.749. The molecule has 0 aliphatic heterocycles. The molecule has 8 heteroatoms. The van der Waals surface area contributed by atoms with Crippen molar-refractivity contribution in [2.75, 3.05) is 20.8 Å². The van der Waals surface area contributed by atoms with E-state index >= 15 is 0 Å². The maximum atomic E-state index is 13.2. The van der Waals surface area contributed by atoms with Crippen LogP contribution in [-0.4, -0.2) is 52.5 Å². The Morgan fingerprint density at radius 2 is 1.81 bits per heavy atom. The monoisotopic (exact) mass is 413 g/mol. The summed E-state index contributed by atoms with van der Waals surface area (Å²) < 4.78 is 13.2. The third kappa shape index (κ3) is 6.14. The van der Waals surface area contributed by atoms with E-state index in [-0.39, 0.29) is 0 Å². The molecule has 146 valence electrons. The number of aliphatic hydroxyl groups excluding tert-OH is 1. The van der Waals surface area contributed by atoms with Crippen LogP contribution in [0.4, 0.5) is 4.39 Å². The molecular weight excluding hydrogens is 392 g/mol. The molecule has 1 amide bonds. The number of halogens is 3. The molecule has 0 radical (unpaired) electrons. The van der Waals surface area contributed by atoms with Crippen LogP contribution < -0.4 is 5.32 Å². The molecule has 27 heavy (non-hydrogen) atoms. The van der Waals surface area contributed by atoms with Gasteiger partial charge in [0.2, 0.25) is 0 Å². The summed E-state index contributed by atoms with van der Waals surface area (Å²) in [7, 11) is 3.96. The van der Waals surface area contributed by atoms with Crippen LogP contribution in [-0.2, 0) is 11.3 Å². The zero-order valence-electron chi connectivity index (χ0n) is 15.1. The Bertz CT molecular complexity index is 740. The van der Waals surface area contributed by atoms with Crippen LogP contribution in [0, 0.1) is 0 Å². The third-order valence-electron chi connectivity index (χ3n) is 3.96. The van der Waals surface area contributed by atoms with Crippen molar-refractivity contribution in [3.05, 3.63) is 53.9 Å². The molecule has 2 N–H and O–H groups in total. The molecule has 0 saturated heterocycles. The Labute approximate surface area is 168 Å². The predicted octanol–water partition coefficient (Wildman–Crippen LogP) is 3.10. The molecule has 0 fully saturated rings. The SMILES string of the molecule is CN(C)Cc1ccc(-c2ccc([C@H](O)[C@@H](CF)NC(=O)C(Cl)Cl)cc2)cn1. The van der Waals surface area contributed by atoms with Gasteiger partial charge in [-0.3, -0.25) is 9.78 Å². The first-order valence-corrected chi connectivity index (χ1v) is 9.21. The van der Waals surface area contributed by atoms with E-state index in [4.69, 9.17) is 23.2 Å². The largest absolute Gasteiger partial charge is 0.386 e. The molecule has 1 aromatic carbocycles. The van der Waals surface area contributed by atoms with Gasteiger partial charge < -0.3 is 15.3 Å². The average Bonchev–Trinajstić information content (AvgIpc) is 2.65. The van der Waals surface area contributed by atoms with Crippen molar-refractivity contribution in [1.29, 1.82) is 0 Å². The summed E-state index contributed by atoms with van der Waals surface area (Å²) >= 11 is 10.9. The fraction of sp³-hybridized carbons (Fsp3) is 0.368. The van der Waals surface area contributed by atoms with E-state index in [9.17, 15) is 14.3 Å². The van der Waals surface area contributed by atoms with Crippen LogP contribution in [0.2, 0.25) is 0 Å². The Morgan fingerprint density at radius 1 is 1.19 bits per heavy atom. The van der Waals surface area contributed by atoms with Gasteiger partial charge in [-0.05, 0) is 31.3 Å². The molecular formula is C19H22Cl2FN3O2. The number of rotatable bonds is 8. The van der Waals surface area contributed by atoms with Gasteiger partial charge in [0.25, 0.3) is 5.91 Å². The normalized spacial score (nSPS) is 13.6. The lowest BCUT2D eigenvalue weighted by molar-refractivity contribution is -0.121. The van der Waals surface area contributed by atoms with Gasteiger partial charge in [-0.15, -0.1) is 0 Å². The van der Waals surface area contributed by atoms with E-state index in [1.54, 1.807) is 18.3 Å². The number of pyridine rings is 1. The molecule has 0 unspecified atom stereocenters. The first-order chi connectivity index (χ1) is 12.8. The smallest absolute Gasteiger partial charge is 0.253 e. The van der Waals surface area contributed by atoms with E-state index in [0.717, 1.165) is 23.4 Å². The highest BCUT2D eigenvalue weighted by Crippen LogP contribution is 2.24. The molecule has 2 aromatic rings. The first-order valence-electron chi connectivity index (χ1n) is 8.34. The van der Waals surface area contributed by atoms with Gasteiger partial charge in [0.1, 0.15) is 12.8 Å². The molecule has 0 saturated carbocycles. The standard InChI is InChI=1S/C19H22Cl2FN3O2/c1-25(2)11-15-8-7-14(10-23-15)12-3-5-13(6-4-12)17(26)16(9-22)24-19(27)18(20)21/h3-8,10,16-18,26H,9,11H2,1-2H3,(H,24,27)/t16-,17+/m1/s1. The maximum Gasteiger partial charge on any atom is 0.253 e. The van der Waals surface area contributed by atoms with Crippen molar-refractivity contribution in [2.45, 2.75) is 23.5 Å². The van der Waals surface area contributed by atoms with Gasteiger partial charge in [0, 0.05) is 18.3 Å². The zero-order valence-corrected chi connectivity index (χ0v) is 16.6. The minimum atomic E-state index is -1.32. The summed E-state index contributed by atoms with van der Waals surface area (Å²) in [6, 6.07) is 9.79. The highest BCUT2D eigenvalue weighted by molar-refractivity contribution is 6.53. The van der Waals surface area contributed by atoms with Gasteiger partial charge >= 0.3 is 0 Å². The molecule has 1 heterocycles. The molecule has 0 aliphatic rings. The second-order valence-corrected chi connectivity index (χ2v) is 7.51. The van der Waals surface area contributed by atoms with Gasteiger partial charge in [0.15, 0.2) is 4.84 Å². The zero-order chi connectivity index (χ0) is 20.0. The van der Waals surface area contributed by atoms with E-state index in [1.165, 1.54) is 0 Å². The third-order valence-corrected chi connectivity index (χ3v) is 4.36. The van der Waals surface area contributed by atoms with Crippen LogP contribution in [0.15, 0.2) is 42.6 Å². The van der Waals surface area contributed by atoms with Crippen LogP contribution in [0.25, 0.3) is 11.1 Å². The molecule has 0 bridgehead atoms. The maximum absolute atomic E-state index is 13.2. The number of alkyl halides is 3. The first kappa shape index (κ1) is 21.6. The molecule has 0 aliphatic carbocycles. The lowest BCUT2D eigenvalue weighted by atomic mass is 9.99. The molecule has 2 rings (SSSR count). The van der Waals surface area contributed by atoms with Gasteiger partial charge in [-0.2, -0.15) is 0 Å². The number of aliphatic hydroxyl groups is 1.